The minimum absolute atomic E-state index is 0.271. The third-order valence-corrected chi connectivity index (χ3v) is 3.21. The number of carboxylic acid groups (broad SMARTS) is 1. The largest absolute Gasteiger partial charge is 0.480 e. The maximum Gasteiger partial charge on any atom is 0.326 e. The van der Waals surface area contributed by atoms with Gasteiger partial charge in [-0.05, 0) is 0 Å². The third-order valence-electron chi connectivity index (χ3n) is 1.94. The van der Waals surface area contributed by atoms with E-state index in [4.69, 9.17) is 5.11 Å². The van der Waals surface area contributed by atoms with Gasteiger partial charge in [0, 0.05) is 18.8 Å². The van der Waals surface area contributed by atoms with Gasteiger partial charge in [0.2, 0.25) is 10.0 Å². The molecule has 0 aliphatic carbocycles. The van der Waals surface area contributed by atoms with Crippen LogP contribution in [0.15, 0.2) is 25.0 Å². The first-order valence-corrected chi connectivity index (χ1v) is 6.33. The summed E-state index contributed by atoms with van der Waals surface area (Å²) in [7, 11) is -2.09. The molecule has 0 radical (unpaired) electrons. The molecule has 17 heavy (non-hydrogen) atoms. The van der Waals surface area contributed by atoms with Crippen molar-refractivity contribution in [1.82, 2.24) is 14.5 Å². The highest BCUT2D eigenvalue weighted by Crippen LogP contribution is 2.13. The lowest BCUT2D eigenvalue weighted by molar-refractivity contribution is -0.139. The van der Waals surface area contributed by atoms with Crippen molar-refractivity contribution in [3.05, 3.63) is 30.6 Å². The van der Waals surface area contributed by atoms with Gasteiger partial charge in [-0.3, -0.25) is 9.48 Å². The average Bonchev–Trinajstić information content (AvgIpc) is 2.60. The molecule has 0 aliphatic heterocycles. The summed E-state index contributed by atoms with van der Waals surface area (Å²) in [5, 5.41) is 12.8. The monoisotopic (exact) mass is 259 g/mol. The predicted molar refractivity (Wildman–Crippen MR) is 60.7 cm³/mol. The van der Waals surface area contributed by atoms with Crippen LogP contribution >= 0.6 is 0 Å². The Hall–Kier alpha value is -1.67. The molecule has 0 saturated heterocycles. The van der Waals surface area contributed by atoms with Crippen LogP contribution in [0.4, 0.5) is 0 Å². The zero-order valence-electron chi connectivity index (χ0n) is 9.20. The van der Waals surface area contributed by atoms with Crippen molar-refractivity contribution in [3.63, 3.8) is 0 Å². The summed E-state index contributed by atoms with van der Waals surface area (Å²) < 4.78 is 26.4. The van der Waals surface area contributed by atoms with Gasteiger partial charge in [0.1, 0.15) is 6.04 Å². The highest BCUT2D eigenvalue weighted by atomic mass is 32.2. The zero-order valence-corrected chi connectivity index (χ0v) is 10.0. The topological polar surface area (TPSA) is 101 Å². The van der Waals surface area contributed by atoms with E-state index in [9.17, 15) is 13.2 Å². The van der Waals surface area contributed by atoms with Gasteiger partial charge in [0.25, 0.3) is 0 Å². The van der Waals surface area contributed by atoms with Crippen LogP contribution in [0.5, 0.6) is 0 Å². The Morgan fingerprint density at radius 3 is 2.82 bits per heavy atom. The maximum atomic E-state index is 11.5. The van der Waals surface area contributed by atoms with E-state index < -0.39 is 22.0 Å². The van der Waals surface area contributed by atoms with Crippen molar-refractivity contribution in [1.29, 1.82) is 0 Å². The molecule has 0 amide bonds. The first-order valence-electron chi connectivity index (χ1n) is 4.68. The molecule has 7 nitrogen and oxygen atoms in total. The van der Waals surface area contributed by atoms with Gasteiger partial charge >= 0.3 is 5.97 Å². The number of aliphatic carboxylic acids is 1. The molecular weight excluding hydrogens is 246 g/mol. The van der Waals surface area contributed by atoms with Crippen LogP contribution < -0.4 is 4.72 Å². The highest BCUT2D eigenvalue weighted by molar-refractivity contribution is 7.89. The van der Waals surface area contributed by atoms with Crippen molar-refractivity contribution in [3.8, 4) is 0 Å². The number of carbonyl (C=O) groups is 1. The lowest BCUT2D eigenvalue weighted by Crippen LogP contribution is -2.34. The number of aromatic nitrogens is 2. The summed E-state index contributed by atoms with van der Waals surface area (Å²) >= 11 is 0. The molecular formula is C9H13N3O4S. The molecule has 1 heterocycles. The van der Waals surface area contributed by atoms with E-state index in [2.05, 4.69) is 16.4 Å². The molecule has 1 atom stereocenters. The van der Waals surface area contributed by atoms with E-state index in [0.29, 0.717) is 0 Å². The fourth-order valence-corrected chi connectivity index (χ4v) is 2.24. The summed E-state index contributed by atoms with van der Waals surface area (Å²) in [6.45, 7) is 3.29. The molecule has 0 aromatic carbocycles. The Bertz CT molecular complexity index is 520. The summed E-state index contributed by atoms with van der Waals surface area (Å²) in [5.41, 5.74) is 0.271. The normalized spacial score (nSPS) is 13.2. The highest BCUT2D eigenvalue weighted by Gasteiger charge is 2.26. The Kier molecular flexibility index (Phi) is 4.02. The molecule has 1 rings (SSSR count). The van der Waals surface area contributed by atoms with E-state index >= 15 is 0 Å². The SMILES string of the molecule is C=CCS(=O)(=O)NC(C(=O)O)c1cnn(C)c1. The summed E-state index contributed by atoms with van der Waals surface area (Å²) in [5.74, 6) is -1.62. The second-order valence-electron chi connectivity index (χ2n) is 3.41. The zero-order chi connectivity index (χ0) is 13.1. The van der Waals surface area contributed by atoms with Crippen LogP contribution in [0.3, 0.4) is 0 Å². The number of hydrogen-bond donors (Lipinski definition) is 2. The first-order chi connectivity index (χ1) is 7.85. The van der Waals surface area contributed by atoms with Crippen LogP contribution in [0.2, 0.25) is 0 Å². The smallest absolute Gasteiger partial charge is 0.326 e. The van der Waals surface area contributed by atoms with Crippen LogP contribution in [0.25, 0.3) is 0 Å². The third kappa shape index (κ3) is 3.68. The molecule has 0 aliphatic rings. The molecule has 0 saturated carbocycles. The second kappa shape index (κ2) is 5.11. The Morgan fingerprint density at radius 1 is 1.76 bits per heavy atom. The van der Waals surface area contributed by atoms with Gasteiger partial charge in [-0.2, -0.15) is 9.82 Å². The van der Waals surface area contributed by atoms with Gasteiger partial charge in [0.05, 0.1) is 11.9 Å². The number of aryl methyl sites for hydroxylation is 1. The number of hydrogen-bond acceptors (Lipinski definition) is 4. The van der Waals surface area contributed by atoms with E-state index in [1.54, 1.807) is 7.05 Å². The lowest BCUT2D eigenvalue weighted by Gasteiger charge is -2.12. The van der Waals surface area contributed by atoms with Crippen molar-refractivity contribution >= 4 is 16.0 Å². The standard InChI is InChI=1S/C9H13N3O4S/c1-3-4-17(15,16)11-8(9(13)14)7-5-10-12(2)6-7/h3,5-6,8,11H,1,4H2,2H3,(H,13,14). The van der Waals surface area contributed by atoms with E-state index in [1.165, 1.54) is 23.2 Å². The number of rotatable bonds is 6. The van der Waals surface area contributed by atoms with Gasteiger partial charge in [0.15, 0.2) is 0 Å². The van der Waals surface area contributed by atoms with Gasteiger partial charge < -0.3 is 5.11 Å². The Balaban J connectivity index is 2.96. The first kappa shape index (κ1) is 13.4. The minimum atomic E-state index is -3.70. The van der Waals surface area contributed by atoms with Crippen molar-refractivity contribution in [2.45, 2.75) is 6.04 Å². The summed E-state index contributed by atoms with van der Waals surface area (Å²) in [6.07, 6.45) is 3.93. The lowest BCUT2D eigenvalue weighted by atomic mass is 10.2. The van der Waals surface area contributed by atoms with Crippen LogP contribution in [0, 0.1) is 0 Å². The number of nitrogens with zero attached hydrogens (tertiary/aromatic N) is 2. The van der Waals surface area contributed by atoms with Crippen molar-refractivity contribution in [2.75, 3.05) is 5.75 Å². The molecule has 0 bridgehead atoms. The molecule has 0 fully saturated rings. The van der Waals surface area contributed by atoms with E-state index in [0.717, 1.165) is 0 Å². The van der Waals surface area contributed by atoms with Crippen LogP contribution in [-0.4, -0.2) is 35.0 Å². The molecule has 94 valence electrons. The minimum Gasteiger partial charge on any atom is -0.480 e. The Labute approximate surface area is 98.8 Å². The fourth-order valence-electron chi connectivity index (χ4n) is 1.23. The van der Waals surface area contributed by atoms with Crippen LogP contribution in [-0.2, 0) is 21.9 Å². The van der Waals surface area contributed by atoms with Gasteiger partial charge in [-0.25, -0.2) is 8.42 Å². The quantitative estimate of drug-likeness (QED) is 0.680. The summed E-state index contributed by atoms with van der Waals surface area (Å²) in [4.78, 5) is 11.0. The van der Waals surface area contributed by atoms with E-state index in [1.807, 2.05) is 0 Å². The maximum absolute atomic E-state index is 11.5. The Morgan fingerprint density at radius 2 is 2.41 bits per heavy atom. The fraction of sp³-hybridized carbons (Fsp3) is 0.333. The molecule has 2 N–H and O–H groups in total. The van der Waals surface area contributed by atoms with Crippen molar-refractivity contribution < 1.29 is 18.3 Å². The molecule has 1 aromatic rings. The van der Waals surface area contributed by atoms with E-state index in [-0.39, 0.29) is 11.3 Å². The number of carboxylic acids is 1. The number of nitrogens with one attached hydrogen (secondary N) is 1. The molecule has 1 aromatic heterocycles. The molecule has 0 spiro atoms. The van der Waals surface area contributed by atoms with Crippen LogP contribution in [0.1, 0.15) is 11.6 Å². The van der Waals surface area contributed by atoms with Gasteiger partial charge in [-0.1, -0.05) is 6.08 Å². The predicted octanol–water partition coefficient (Wildman–Crippen LogP) is -0.349. The molecule has 1 unspecified atom stereocenters. The van der Waals surface area contributed by atoms with Gasteiger partial charge in [-0.15, -0.1) is 6.58 Å². The summed E-state index contributed by atoms with van der Waals surface area (Å²) in [6, 6.07) is -1.34. The van der Waals surface area contributed by atoms with Crippen molar-refractivity contribution in [2.24, 2.45) is 7.05 Å². The number of sulfonamides is 1. The second-order valence-corrected chi connectivity index (χ2v) is 5.21. The molecule has 8 heteroatoms. The average molecular weight is 259 g/mol.